The molecule has 1 unspecified atom stereocenters. The Morgan fingerprint density at radius 3 is 2.40 bits per heavy atom. The Labute approximate surface area is 62.5 Å². The van der Waals surface area contributed by atoms with E-state index in [9.17, 15) is 4.57 Å². The molecule has 0 aliphatic heterocycles. The maximum absolute atomic E-state index is 10.7. The van der Waals surface area contributed by atoms with E-state index in [1.54, 1.807) is 0 Å². The molecule has 0 aromatic heterocycles. The van der Waals surface area contributed by atoms with E-state index in [1.165, 1.54) is 6.42 Å². The van der Waals surface area contributed by atoms with Gasteiger partial charge in [0.2, 0.25) is 0 Å². The zero-order valence-corrected chi connectivity index (χ0v) is 7.18. The maximum Gasteiger partial charge on any atom is 0.508 e. The van der Waals surface area contributed by atoms with Gasteiger partial charge in [0.1, 0.15) is 0 Å². The molecule has 0 heterocycles. The van der Waals surface area contributed by atoms with Crippen LogP contribution >= 0.6 is 8.03 Å². The SMILES string of the molecule is C[C@H]1CCCC[C@H]1[P+](=O)O. The lowest BCUT2D eigenvalue weighted by atomic mass is 9.90. The van der Waals surface area contributed by atoms with Crippen molar-refractivity contribution in [3.05, 3.63) is 0 Å². The van der Waals surface area contributed by atoms with Gasteiger partial charge in [0, 0.05) is 5.92 Å². The third kappa shape index (κ3) is 1.77. The van der Waals surface area contributed by atoms with E-state index in [0.717, 1.165) is 19.3 Å². The molecular formula is C7H14O2P+. The molecule has 10 heavy (non-hydrogen) atoms. The highest BCUT2D eigenvalue weighted by atomic mass is 31.1. The highest BCUT2D eigenvalue weighted by Gasteiger charge is 2.36. The summed E-state index contributed by atoms with van der Waals surface area (Å²) in [4.78, 5) is 8.86. The monoisotopic (exact) mass is 161 g/mol. The molecule has 3 atom stereocenters. The molecule has 3 heteroatoms. The molecule has 0 bridgehead atoms. The Bertz CT molecular complexity index is 136. The Balaban J connectivity index is 2.47. The molecule has 58 valence electrons. The second-order valence-corrected chi connectivity index (χ2v) is 4.40. The van der Waals surface area contributed by atoms with Crippen molar-refractivity contribution in [2.24, 2.45) is 5.92 Å². The Morgan fingerprint density at radius 2 is 2.00 bits per heavy atom. The standard InChI is InChI=1S/C7H13O2P/c1-6-4-2-3-5-7(6)10(8)9/h6-7H,2-5H2,1H3/p+1/t6-,7+/m0/s1. The summed E-state index contributed by atoms with van der Waals surface area (Å²) in [6.07, 6.45) is 4.46. The number of hydrogen-bond donors (Lipinski definition) is 1. The minimum absolute atomic E-state index is 0.0868. The molecular weight excluding hydrogens is 147 g/mol. The van der Waals surface area contributed by atoms with Gasteiger partial charge in [-0.05, 0) is 23.8 Å². The number of rotatable bonds is 1. The Morgan fingerprint density at radius 1 is 1.40 bits per heavy atom. The average molecular weight is 161 g/mol. The summed E-state index contributed by atoms with van der Waals surface area (Å²) < 4.78 is 10.7. The van der Waals surface area contributed by atoms with Crippen LogP contribution in [0, 0.1) is 5.92 Å². The quantitative estimate of drug-likeness (QED) is 0.599. The summed E-state index contributed by atoms with van der Waals surface area (Å²) in [6.45, 7) is 2.08. The van der Waals surface area contributed by atoms with Crippen LogP contribution in [0.1, 0.15) is 32.6 Å². The minimum atomic E-state index is -1.91. The Hall–Kier alpha value is 0.0600. The third-order valence-electron chi connectivity index (χ3n) is 2.35. The van der Waals surface area contributed by atoms with Crippen LogP contribution in [0.2, 0.25) is 0 Å². The highest BCUT2D eigenvalue weighted by Crippen LogP contribution is 2.38. The summed E-state index contributed by atoms with van der Waals surface area (Å²) in [5.41, 5.74) is 0.0868. The number of hydrogen-bond acceptors (Lipinski definition) is 1. The molecule has 0 radical (unpaired) electrons. The van der Waals surface area contributed by atoms with E-state index < -0.39 is 8.03 Å². The Kier molecular flexibility index (Phi) is 2.82. The molecule has 2 nitrogen and oxygen atoms in total. The molecule has 0 amide bonds. The summed E-state index contributed by atoms with van der Waals surface area (Å²) in [5, 5.41) is 0. The van der Waals surface area contributed by atoms with Gasteiger partial charge in [-0.3, -0.25) is 0 Å². The largest absolute Gasteiger partial charge is 0.508 e. The van der Waals surface area contributed by atoms with Crippen molar-refractivity contribution in [1.82, 2.24) is 0 Å². The molecule has 1 rings (SSSR count). The predicted molar refractivity (Wildman–Crippen MR) is 41.2 cm³/mol. The summed E-state index contributed by atoms with van der Waals surface area (Å²) in [5.74, 6) is 0.461. The zero-order valence-electron chi connectivity index (χ0n) is 6.29. The first-order valence-corrected chi connectivity index (χ1v) is 5.15. The highest BCUT2D eigenvalue weighted by molar-refractivity contribution is 7.38. The van der Waals surface area contributed by atoms with Crippen LogP contribution in [0.25, 0.3) is 0 Å². The summed E-state index contributed by atoms with van der Waals surface area (Å²) in [7, 11) is -1.91. The first-order chi connectivity index (χ1) is 4.72. The molecule has 0 spiro atoms. The minimum Gasteiger partial charge on any atom is -0.161 e. The fourth-order valence-electron chi connectivity index (χ4n) is 1.62. The van der Waals surface area contributed by atoms with Gasteiger partial charge in [0.25, 0.3) is 0 Å². The van der Waals surface area contributed by atoms with Crippen LogP contribution in [-0.4, -0.2) is 10.6 Å². The second-order valence-electron chi connectivity index (χ2n) is 3.13. The molecule has 0 aromatic rings. The molecule has 1 aliphatic carbocycles. The fourth-order valence-corrected chi connectivity index (χ4v) is 2.61. The summed E-state index contributed by atoms with van der Waals surface area (Å²) in [6, 6.07) is 0. The molecule has 0 saturated heterocycles. The van der Waals surface area contributed by atoms with Crippen LogP contribution in [0.5, 0.6) is 0 Å². The van der Waals surface area contributed by atoms with E-state index in [1.807, 2.05) is 0 Å². The van der Waals surface area contributed by atoms with Gasteiger partial charge in [0.15, 0.2) is 5.66 Å². The molecule has 0 aromatic carbocycles. The van der Waals surface area contributed by atoms with E-state index in [4.69, 9.17) is 4.89 Å². The van der Waals surface area contributed by atoms with Gasteiger partial charge in [-0.2, -0.15) is 4.89 Å². The van der Waals surface area contributed by atoms with Gasteiger partial charge in [0.05, 0.1) is 0 Å². The lowest BCUT2D eigenvalue weighted by Crippen LogP contribution is -2.18. The average Bonchev–Trinajstić information content (AvgIpc) is 1.88. The maximum atomic E-state index is 10.7. The van der Waals surface area contributed by atoms with E-state index >= 15 is 0 Å². The summed E-state index contributed by atoms with van der Waals surface area (Å²) >= 11 is 0. The first kappa shape index (κ1) is 8.16. The topological polar surface area (TPSA) is 37.3 Å². The van der Waals surface area contributed by atoms with Crippen molar-refractivity contribution in [2.45, 2.75) is 38.3 Å². The van der Waals surface area contributed by atoms with E-state index in [0.29, 0.717) is 5.92 Å². The predicted octanol–water partition coefficient (Wildman–Crippen LogP) is 2.30. The normalized spacial score (nSPS) is 35.6. The lowest BCUT2D eigenvalue weighted by molar-refractivity contribution is 0.364. The molecule has 1 saturated carbocycles. The fraction of sp³-hybridized carbons (Fsp3) is 1.00. The van der Waals surface area contributed by atoms with Crippen molar-refractivity contribution in [2.75, 3.05) is 0 Å². The van der Waals surface area contributed by atoms with Gasteiger partial charge in [-0.15, -0.1) is 0 Å². The molecule has 1 fully saturated rings. The molecule has 1 N–H and O–H groups in total. The van der Waals surface area contributed by atoms with Gasteiger partial charge < -0.3 is 0 Å². The van der Waals surface area contributed by atoms with Crippen LogP contribution in [0.4, 0.5) is 0 Å². The van der Waals surface area contributed by atoms with Gasteiger partial charge in [-0.25, -0.2) is 0 Å². The van der Waals surface area contributed by atoms with E-state index in [2.05, 4.69) is 6.92 Å². The van der Waals surface area contributed by atoms with E-state index in [-0.39, 0.29) is 5.66 Å². The van der Waals surface area contributed by atoms with Crippen LogP contribution < -0.4 is 0 Å². The molecule has 1 aliphatic rings. The van der Waals surface area contributed by atoms with Crippen LogP contribution in [0.3, 0.4) is 0 Å². The third-order valence-corrected chi connectivity index (χ3v) is 3.68. The van der Waals surface area contributed by atoms with Gasteiger partial charge in [-0.1, -0.05) is 13.3 Å². The smallest absolute Gasteiger partial charge is 0.161 e. The van der Waals surface area contributed by atoms with Gasteiger partial charge >= 0.3 is 8.03 Å². The van der Waals surface area contributed by atoms with Crippen molar-refractivity contribution in [3.63, 3.8) is 0 Å². The van der Waals surface area contributed by atoms with Crippen molar-refractivity contribution in [1.29, 1.82) is 0 Å². The van der Waals surface area contributed by atoms with Crippen LogP contribution in [-0.2, 0) is 4.57 Å². The van der Waals surface area contributed by atoms with Crippen LogP contribution in [0.15, 0.2) is 0 Å². The van der Waals surface area contributed by atoms with Crippen molar-refractivity contribution in [3.8, 4) is 0 Å². The van der Waals surface area contributed by atoms with Crippen molar-refractivity contribution >= 4 is 8.03 Å². The zero-order chi connectivity index (χ0) is 7.56. The van der Waals surface area contributed by atoms with Crippen molar-refractivity contribution < 1.29 is 9.46 Å². The lowest BCUT2D eigenvalue weighted by Gasteiger charge is -2.18. The second kappa shape index (κ2) is 3.45. The first-order valence-electron chi connectivity index (χ1n) is 3.87.